The summed E-state index contributed by atoms with van der Waals surface area (Å²) in [6.45, 7) is 4.49. The molecular weight excluding hydrogens is 328 g/mol. The van der Waals surface area contributed by atoms with Gasteiger partial charge in [0.2, 0.25) is 0 Å². The number of anilines is 1. The van der Waals surface area contributed by atoms with Crippen LogP contribution >= 0.6 is 0 Å². The number of nitrogens with zero attached hydrogens (tertiary/aromatic N) is 1. The van der Waals surface area contributed by atoms with Crippen LogP contribution in [0.2, 0.25) is 0 Å². The summed E-state index contributed by atoms with van der Waals surface area (Å²) >= 11 is 0. The number of nitrogens with two attached hydrogens (primary N) is 1. The van der Waals surface area contributed by atoms with Crippen molar-refractivity contribution in [2.24, 2.45) is 5.73 Å². The topological polar surface area (TPSA) is 87.5 Å². The molecule has 1 unspecified atom stereocenters. The van der Waals surface area contributed by atoms with E-state index in [1.54, 1.807) is 12.1 Å². The lowest BCUT2D eigenvalue weighted by molar-refractivity contribution is 0.0931. The van der Waals surface area contributed by atoms with Gasteiger partial charge in [0.05, 0.1) is 11.3 Å². The van der Waals surface area contributed by atoms with E-state index in [9.17, 15) is 9.59 Å². The summed E-state index contributed by atoms with van der Waals surface area (Å²) in [6, 6.07) is 6.82. The quantitative estimate of drug-likeness (QED) is 0.592. The molecule has 1 aromatic rings. The lowest BCUT2D eigenvalue weighted by Gasteiger charge is -2.26. The molecule has 0 aliphatic carbocycles. The molecule has 1 saturated heterocycles. The van der Waals surface area contributed by atoms with Gasteiger partial charge >= 0.3 is 6.03 Å². The molecule has 1 fully saturated rings. The van der Waals surface area contributed by atoms with Crippen LogP contribution in [0.25, 0.3) is 0 Å². The zero-order valence-corrected chi connectivity index (χ0v) is 15.8. The van der Waals surface area contributed by atoms with E-state index in [2.05, 4.69) is 17.6 Å². The van der Waals surface area contributed by atoms with Gasteiger partial charge < -0.3 is 16.4 Å². The number of piperidine rings is 1. The predicted molar refractivity (Wildman–Crippen MR) is 105 cm³/mol. The summed E-state index contributed by atoms with van der Waals surface area (Å²) < 4.78 is 0. The third kappa shape index (κ3) is 6.02. The van der Waals surface area contributed by atoms with E-state index in [0.29, 0.717) is 17.8 Å². The molecule has 4 N–H and O–H groups in total. The zero-order valence-electron chi connectivity index (χ0n) is 15.8. The fraction of sp³-hybridized carbons (Fsp3) is 0.600. The molecule has 6 heteroatoms. The summed E-state index contributed by atoms with van der Waals surface area (Å²) in [4.78, 5) is 26.3. The molecule has 26 heavy (non-hydrogen) atoms. The van der Waals surface area contributed by atoms with Crippen LogP contribution in [0, 0.1) is 0 Å². The van der Waals surface area contributed by atoms with E-state index in [1.165, 1.54) is 17.7 Å². The Bertz CT molecular complexity index is 585. The fourth-order valence-corrected chi connectivity index (χ4v) is 3.36. The van der Waals surface area contributed by atoms with Crippen molar-refractivity contribution in [2.75, 3.05) is 24.5 Å². The standard InChI is InChI=1S/C20H32N4O2/c1-2-3-4-5-8-14-24(20(21)26)18-12-7-6-11-17(18)19(25)23-16-10-9-13-22-15-16/h6-7,11-12,16,22H,2-5,8-10,13-15H2,1H3,(H2,21,26)(H,23,25). The van der Waals surface area contributed by atoms with Crippen molar-refractivity contribution in [3.8, 4) is 0 Å². The first-order valence-corrected chi connectivity index (χ1v) is 9.81. The maximum absolute atomic E-state index is 12.8. The molecule has 1 aliphatic heterocycles. The van der Waals surface area contributed by atoms with E-state index in [4.69, 9.17) is 5.73 Å². The van der Waals surface area contributed by atoms with Crippen LogP contribution in [0.4, 0.5) is 10.5 Å². The number of unbranched alkanes of at least 4 members (excludes halogenated alkanes) is 4. The highest BCUT2D eigenvalue weighted by Gasteiger charge is 2.22. The smallest absolute Gasteiger partial charge is 0.319 e. The van der Waals surface area contributed by atoms with Crippen molar-refractivity contribution < 1.29 is 9.59 Å². The first kappa shape index (κ1) is 20.2. The minimum Gasteiger partial charge on any atom is -0.351 e. The van der Waals surface area contributed by atoms with Gasteiger partial charge in [-0.15, -0.1) is 0 Å². The minimum atomic E-state index is -0.514. The van der Waals surface area contributed by atoms with E-state index < -0.39 is 6.03 Å². The zero-order chi connectivity index (χ0) is 18.8. The second-order valence-corrected chi connectivity index (χ2v) is 6.94. The molecule has 0 saturated carbocycles. The van der Waals surface area contributed by atoms with Gasteiger partial charge in [0.1, 0.15) is 0 Å². The lowest BCUT2D eigenvalue weighted by atomic mass is 10.1. The third-order valence-electron chi connectivity index (χ3n) is 4.82. The molecule has 1 aromatic carbocycles. The Labute approximate surface area is 156 Å². The molecule has 1 aliphatic rings. The number of hydrogen-bond donors (Lipinski definition) is 3. The molecule has 1 heterocycles. The number of amides is 3. The van der Waals surface area contributed by atoms with Crippen LogP contribution in [0.5, 0.6) is 0 Å². The van der Waals surface area contributed by atoms with Crippen LogP contribution in [0.1, 0.15) is 62.2 Å². The number of para-hydroxylation sites is 1. The molecule has 0 radical (unpaired) electrons. The highest BCUT2D eigenvalue weighted by Crippen LogP contribution is 2.22. The average molecular weight is 361 g/mol. The number of primary amides is 1. The molecule has 1 atom stereocenters. The summed E-state index contributed by atoms with van der Waals surface area (Å²) in [5, 5.41) is 6.37. The van der Waals surface area contributed by atoms with Crippen LogP contribution in [-0.2, 0) is 0 Å². The van der Waals surface area contributed by atoms with Crippen LogP contribution < -0.4 is 21.3 Å². The largest absolute Gasteiger partial charge is 0.351 e. The molecule has 0 bridgehead atoms. The number of urea groups is 1. The molecule has 3 amide bonds. The molecule has 0 spiro atoms. The third-order valence-corrected chi connectivity index (χ3v) is 4.82. The van der Waals surface area contributed by atoms with Gasteiger partial charge in [-0.3, -0.25) is 9.69 Å². The number of hydrogen-bond acceptors (Lipinski definition) is 3. The van der Waals surface area contributed by atoms with Crippen LogP contribution in [-0.4, -0.2) is 37.6 Å². The molecule has 6 nitrogen and oxygen atoms in total. The number of rotatable bonds is 9. The molecular formula is C20H32N4O2. The Morgan fingerprint density at radius 1 is 1.23 bits per heavy atom. The van der Waals surface area contributed by atoms with Crippen molar-refractivity contribution >= 4 is 17.6 Å². The number of carbonyl (C=O) groups excluding carboxylic acids is 2. The van der Waals surface area contributed by atoms with Crippen molar-refractivity contribution in [2.45, 2.75) is 57.9 Å². The SMILES string of the molecule is CCCCCCCN(C(N)=O)c1ccccc1C(=O)NC1CCCNC1. The Balaban J connectivity index is 2.05. The summed E-state index contributed by atoms with van der Waals surface area (Å²) in [5.41, 5.74) is 6.71. The van der Waals surface area contributed by atoms with Gasteiger partial charge in [-0.05, 0) is 37.9 Å². The second kappa shape index (κ2) is 10.8. The van der Waals surface area contributed by atoms with E-state index in [0.717, 1.165) is 45.2 Å². The summed E-state index contributed by atoms with van der Waals surface area (Å²) in [7, 11) is 0. The first-order chi connectivity index (χ1) is 12.6. The van der Waals surface area contributed by atoms with Gasteiger partial charge in [-0.1, -0.05) is 44.7 Å². The van der Waals surface area contributed by atoms with Gasteiger partial charge in [0.15, 0.2) is 0 Å². The normalized spacial score (nSPS) is 16.9. The van der Waals surface area contributed by atoms with Crippen molar-refractivity contribution in [3.63, 3.8) is 0 Å². The highest BCUT2D eigenvalue weighted by molar-refractivity contribution is 6.04. The maximum atomic E-state index is 12.8. The lowest BCUT2D eigenvalue weighted by Crippen LogP contribution is -2.46. The number of carbonyl (C=O) groups is 2. The van der Waals surface area contributed by atoms with Gasteiger partial charge in [-0.2, -0.15) is 0 Å². The minimum absolute atomic E-state index is 0.125. The van der Waals surface area contributed by atoms with Crippen LogP contribution in [0.15, 0.2) is 24.3 Å². The van der Waals surface area contributed by atoms with Crippen molar-refractivity contribution in [1.82, 2.24) is 10.6 Å². The Kier molecular flexibility index (Phi) is 8.41. The monoisotopic (exact) mass is 360 g/mol. The maximum Gasteiger partial charge on any atom is 0.319 e. The van der Waals surface area contributed by atoms with Crippen LogP contribution in [0.3, 0.4) is 0 Å². The molecule has 2 rings (SSSR count). The van der Waals surface area contributed by atoms with E-state index in [1.807, 2.05) is 12.1 Å². The van der Waals surface area contributed by atoms with Gasteiger partial charge in [0, 0.05) is 19.1 Å². The Morgan fingerprint density at radius 3 is 2.69 bits per heavy atom. The second-order valence-electron chi connectivity index (χ2n) is 6.94. The Hall–Kier alpha value is -2.08. The van der Waals surface area contributed by atoms with E-state index >= 15 is 0 Å². The van der Waals surface area contributed by atoms with Gasteiger partial charge in [-0.25, -0.2) is 4.79 Å². The van der Waals surface area contributed by atoms with Crippen molar-refractivity contribution in [3.05, 3.63) is 29.8 Å². The molecule has 0 aromatic heterocycles. The molecule has 144 valence electrons. The number of benzene rings is 1. The number of nitrogens with one attached hydrogen (secondary N) is 2. The van der Waals surface area contributed by atoms with Crippen molar-refractivity contribution in [1.29, 1.82) is 0 Å². The summed E-state index contributed by atoms with van der Waals surface area (Å²) in [6.07, 6.45) is 7.49. The fourth-order valence-electron chi connectivity index (χ4n) is 3.36. The highest BCUT2D eigenvalue weighted by atomic mass is 16.2. The average Bonchev–Trinajstić information content (AvgIpc) is 2.65. The first-order valence-electron chi connectivity index (χ1n) is 9.81. The summed E-state index contributed by atoms with van der Waals surface area (Å²) in [5.74, 6) is -0.147. The van der Waals surface area contributed by atoms with E-state index in [-0.39, 0.29) is 11.9 Å². The predicted octanol–water partition coefficient (Wildman–Crippen LogP) is 3.02. The Morgan fingerprint density at radius 2 is 2.00 bits per heavy atom. The van der Waals surface area contributed by atoms with Gasteiger partial charge in [0.25, 0.3) is 5.91 Å².